The monoisotopic (exact) mass is 556 g/mol. The molecule has 1 aromatic carbocycles. The molecule has 2 aliphatic heterocycles. The third kappa shape index (κ3) is 4.79. The van der Waals surface area contributed by atoms with E-state index in [0.717, 1.165) is 58.2 Å². The van der Waals surface area contributed by atoms with Crippen LogP contribution in [0.1, 0.15) is 54.5 Å². The Morgan fingerprint density at radius 2 is 1.79 bits per heavy atom. The number of aryl methyl sites for hydroxylation is 1. The van der Waals surface area contributed by atoms with Crippen molar-refractivity contribution in [2.45, 2.75) is 45.7 Å². The number of benzene rings is 1. The molecule has 200 valence electrons. The number of anilines is 2. The Hall–Kier alpha value is -3.42. The third-order valence-corrected chi connectivity index (χ3v) is 8.74. The average molecular weight is 557 g/mol. The highest BCUT2D eigenvalue weighted by Gasteiger charge is 2.42. The SMILES string of the molecule is Cc1cc([C@H]2[C@@H](c3ccccn3)NC(=S)N2c2ccc(N3CCC(C)CC3)c(Cl)c2)c(C)n1-c1cccnc1. The van der Waals surface area contributed by atoms with Crippen molar-refractivity contribution in [3.8, 4) is 5.69 Å². The molecule has 4 aromatic rings. The van der Waals surface area contributed by atoms with E-state index in [9.17, 15) is 0 Å². The Morgan fingerprint density at radius 1 is 0.974 bits per heavy atom. The smallest absolute Gasteiger partial charge is 0.174 e. The maximum atomic E-state index is 6.96. The van der Waals surface area contributed by atoms with Crippen LogP contribution in [0.3, 0.4) is 0 Å². The normalized spacial score (nSPS) is 19.9. The van der Waals surface area contributed by atoms with Crippen molar-refractivity contribution in [3.05, 3.63) is 101 Å². The van der Waals surface area contributed by atoms with Gasteiger partial charge in [-0.3, -0.25) is 9.97 Å². The molecule has 3 aromatic heterocycles. The number of rotatable bonds is 5. The fraction of sp³-hybridized carbons (Fsp3) is 0.323. The lowest BCUT2D eigenvalue weighted by Gasteiger charge is -2.33. The summed E-state index contributed by atoms with van der Waals surface area (Å²) in [5.41, 5.74) is 7.53. The van der Waals surface area contributed by atoms with Gasteiger partial charge in [0.05, 0.1) is 40.4 Å². The molecule has 1 N–H and O–H groups in total. The molecule has 2 aliphatic rings. The van der Waals surface area contributed by atoms with Crippen LogP contribution < -0.4 is 15.1 Å². The van der Waals surface area contributed by atoms with Crippen molar-refractivity contribution >= 4 is 40.3 Å². The maximum Gasteiger partial charge on any atom is 0.174 e. The second kappa shape index (κ2) is 10.6. The van der Waals surface area contributed by atoms with Crippen molar-refractivity contribution in [2.75, 3.05) is 22.9 Å². The van der Waals surface area contributed by atoms with E-state index in [2.05, 4.69) is 81.8 Å². The van der Waals surface area contributed by atoms with Crippen molar-refractivity contribution in [3.63, 3.8) is 0 Å². The first-order valence-electron chi connectivity index (χ1n) is 13.6. The molecule has 0 radical (unpaired) electrons. The van der Waals surface area contributed by atoms with Crippen LogP contribution in [0.25, 0.3) is 5.69 Å². The molecule has 0 spiro atoms. The van der Waals surface area contributed by atoms with E-state index in [1.165, 1.54) is 18.4 Å². The third-order valence-electron chi connectivity index (χ3n) is 8.12. The molecule has 6 rings (SSSR count). The zero-order chi connectivity index (χ0) is 27.1. The number of piperidine rings is 1. The summed E-state index contributed by atoms with van der Waals surface area (Å²) in [6.07, 6.45) is 7.92. The van der Waals surface area contributed by atoms with E-state index in [0.29, 0.717) is 5.11 Å². The van der Waals surface area contributed by atoms with Gasteiger partial charge in [-0.05, 0) is 98.9 Å². The molecule has 0 amide bonds. The van der Waals surface area contributed by atoms with E-state index in [1.807, 2.05) is 30.6 Å². The van der Waals surface area contributed by atoms with Crippen molar-refractivity contribution in [1.82, 2.24) is 19.9 Å². The molecule has 0 unspecified atom stereocenters. The van der Waals surface area contributed by atoms with Gasteiger partial charge in [-0.25, -0.2) is 0 Å². The van der Waals surface area contributed by atoms with Crippen molar-refractivity contribution in [2.24, 2.45) is 5.92 Å². The number of hydrogen-bond acceptors (Lipinski definition) is 4. The first kappa shape index (κ1) is 25.8. The van der Waals surface area contributed by atoms with Gasteiger partial charge in [0.25, 0.3) is 0 Å². The number of hydrogen-bond donors (Lipinski definition) is 1. The number of aromatic nitrogens is 3. The second-order valence-electron chi connectivity index (χ2n) is 10.7. The van der Waals surface area contributed by atoms with Crippen LogP contribution >= 0.6 is 23.8 Å². The summed E-state index contributed by atoms with van der Waals surface area (Å²) in [7, 11) is 0. The summed E-state index contributed by atoms with van der Waals surface area (Å²) in [5.74, 6) is 0.766. The van der Waals surface area contributed by atoms with Crippen molar-refractivity contribution < 1.29 is 0 Å². The van der Waals surface area contributed by atoms with Crippen LogP contribution in [0.15, 0.2) is 73.2 Å². The molecular formula is C31H33ClN6S. The Bertz CT molecular complexity index is 1480. The minimum Gasteiger partial charge on any atom is -0.370 e. The molecule has 5 heterocycles. The molecule has 39 heavy (non-hydrogen) atoms. The summed E-state index contributed by atoms with van der Waals surface area (Å²) in [6.45, 7) is 8.70. The standard InChI is InChI=1S/C31H33ClN6S/c1-20-11-15-36(16-12-20)28-10-9-23(18-26(28)32)38-30(29(35-31(38)39)27-8-4-5-14-34-27)25-17-21(2)37(22(25)3)24-7-6-13-33-19-24/h4-10,13-14,17-20,29-30H,11-12,15-16H2,1-3H3,(H,35,39)/t29-,30+/m1/s1. The van der Waals surface area contributed by atoms with Crippen LogP contribution in [0.5, 0.6) is 0 Å². The summed E-state index contributed by atoms with van der Waals surface area (Å²) in [5, 5.41) is 5.00. The Labute approximate surface area is 240 Å². The number of nitrogens with zero attached hydrogens (tertiary/aromatic N) is 5. The highest BCUT2D eigenvalue weighted by molar-refractivity contribution is 7.80. The van der Waals surface area contributed by atoms with Crippen LogP contribution in [0, 0.1) is 19.8 Å². The lowest BCUT2D eigenvalue weighted by molar-refractivity contribution is 0.438. The first-order valence-corrected chi connectivity index (χ1v) is 14.4. The van der Waals surface area contributed by atoms with Crippen LogP contribution in [0.4, 0.5) is 11.4 Å². The highest BCUT2D eigenvalue weighted by Crippen LogP contribution is 2.45. The summed E-state index contributed by atoms with van der Waals surface area (Å²) >= 11 is 12.9. The molecular weight excluding hydrogens is 524 g/mol. The van der Waals surface area contributed by atoms with Gasteiger partial charge < -0.3 is 19.7 Å². The fourth-order valence-electron chi connectivity index (χ4n) is 6.07. The zero-order valence-electron chi connectivity index (χ0n) is 22.5. The number of pyridine rings is 2. The van der Waals surface area contributed by atoms with Gasteiger partial charge >= 0.3 is 0 Å². The molecule has 6 nitrogen and oxygen atoms in total. The van der Waals surface area contributed by atoms with Gasteiger partial charge in [-0.1, -0.05) is 24.6 Å². The summed E-state index contributed by atoms with van der Waals surface area (Å²) < 4.78 is 2.25. The minimum absolute atomic E-state index is 0.109. The maximum absolute atomic E-state index is 6.96. The van der Waals surface area contributed by atoms with Crippen LogP contribution in [-0.2, 0) is 0 Å². The summed E-state index contributed by atoms with van der Waals surface area (Å²) in [4.78, 5) is 13.7. The topological polar surface area (TPSA) is 49.2 Å². The van der Waals surface area contributed by atoms with Gasteiger partial charge in [0.1, 0.15) is 0 Å². The van der Waals surface area contributed by atoms with Gasteiger partial charge in [-0.2, -0.15) is 0 Å². The molecule has 2 atom stereocenters. The van der Waals surface area contributed by atoms with E-state index >= 15 is 0 Å². The largest absolute Gasteiger partial charge is 0.370 e. The number of halogens is 1. The Balaban J connectivity index is 1.43. The fourth-order valence-corrected chi connectivity index (χ4v) is 6.71. The lowest BCUT2D eigenvalue weighted by Crippen LogP contribution is -2.33. The zero-order valence-corrected chi connectivity index (χ0v) is 24.1. The number of nitrogens with one attached hydrogen (secondary N) is 1. The molecule has 2 fully saturated rings. The van der Waals surface area contributed by atoms with Gasteiger partial charge in [0.15, 0.2) is 5.11 Å². The second-order valence-corrected chi connectivity index (χ2v) is 11.5. The highest BCUT2D eigenvalue weighted by atomic mass is 35.5. The molecule has 0 saturated carbocycles. The molecule has 8 heteroatoms. The van der Waals surface area contributed by atoms with Gasteiger partial charge in [-0.15, -0.1) is 0 Å². The first-order chi connectivity index (χ1) is 18.9. The molecule has 0 bridgehead atoms. The predicted molar refractivity (Wildman–Crippen MR) is 163 cm³/mol. The van der Waals surface area contributed by atoms with Crippen LogP contribution in [0.2, 0.25) is 5.02 Å². The summed E-state index contributed by atoms with van der Waals surface area (Å²) in [6, 6.07) is 18.5. The Kier molecular flexibility index (Phi) is 7.04. The van der Waals surface area contributed by atoms with Gasteiger partial charge in [0.2, 0.25) is 0 Å². The number of thiocarbonyl (C=S) groups is 1. The average Bonchev–Trinajstić information content (AvgIpc) is 3.45. The minimum atomic E-state index is -0.122. The van der Waals surface area contributed by atoms with Gasteiger partial charge in [0, 0.05) is 42.6 Å². The van der Waals surface area contributed by atoms with Crippen LogP contribution in [-0.4, -0.2) is 32.7 Å². The van der Waals surface area contributed by atoms with E-state index in [1.54, 1.807) is 6.20 Å². The van der Waals surface area contributed by atoms with E-state index in [-0.39, 0.29) is 12.1 Å². The predicted octanol–water partition coefficient (Wildman–Crippen LogP) is 6.95. The van der Waals surface area contributed by atoms with E-state index < -0.39 is 0 Å². The lowest BCUT2D eigenvalue weighted by atomic mass is 9.96. The van der Waals surface area contributed by atoms with Crippen molar-refractivity contribution in [1.29, 1.82) is 0 Å². The molecule has 0 aliphatic carbocycles. The van der Waals surface area contributed by atoms with E-state index in [4.69, 9.17) is 28.8 Å². The quantitative estimate of drug-likeness (QED) is 0.268. The molecule has 2 saturated heterocycles. The Morgan fingerprint density at radius 3 is 2.49 bits per heavy atom.